The SMILES string of the molecule is C=CC[SiH]1CCCCO1.N. The highest BCUT2D eigenvalue weighted by Crippen LogP contribution is 2.13. The van der Waals surface area contributed by atoms with Crippen LogP contribution in [0.15, 0.2) is 12.7 Å². The molecular formula is C7H17NOSi. The highest BCUT2D eigenvalue weighted by atomic mass is 28.3. The molecule has 0 spiro atoms. The molecule has 2 nitrogen and oxygen atoms in total. The Morgan fingerprint density at radius 1 is 1.50 bits per heavy atom. The Hall–Kier alpha value is -0.123. The van der Waals surface area contributed by atoms with Gasteiger partial charge in [-0.1, -0.05) is 12.5 Å². The summed E-state index contributed by atoms with van der Waals surface area (Å²) in [5, 5.41) is 0. The molecule has 1 atom stereocenters. The highest BCUT2D eigenvalue weighted by molar-refractivity contribution is 6.52. The first-order chi connectivity index (χ1) is 4.43. The Kier molecular flexibility index (Phi) is 5.58. The molecule has 1 aliphatic rings. The fourth-order valence-electron chi connectivity index (χ4n) is 1.18. The molecule has 1 saturated heterocycles. The van der Waals surface area contributed by atoms with Crippen molar-refractivity contribution < 1.29 is 4.43 Å². The van der Waals surface area contributed by atoms with Crippen molar-refractivity contribution in [2.45, 2.75) is 24.9 Å². The maximum absolute atomic E-state index is 5.59. The van der Waals surface area contributed by atoms with E-state index in [0.29, 0.717) is 0 Å². The number of allylic oxidation sites excluding steroid dienone is 1. The molecule has 10 heavy (non-hydrogen) atoms. The molecule has 1 rings (SSSR count). The van der Waals surface area contributed by atoms with Gasteiger partial charge in [-0.25, -0.2) is 0 Å². The van der Waals surface area contributed by atoms with E-state index < -0.39 is 9.04 Å². The quantitative estimate of drug-likeness (QED) is 0.494. The fraction of sp³-hybridized carbons (Fsp3) is 0.714. The van der Waals surface area contributed by atoms with Crippen LogP contribution in [-0.4, -0.2) is 15.6 Å². The summed E-state index contributed by atoms with van der Waals surface area (Å²) in [5.41, 5.74) is 0. The van der Waals surface area contributed by atoms with Crippen LogP contribution in [-0.2, 0) is 4.43 Å². The molecule has 0 aromatic rings. The van der Waals surface area contributed by atoms with Crippen molar-refractivity contribution >= 4 is 9.04 Å². The van der Waals surface area contributed by atoms with Crippen molar-refractivity contribution in [1.82, 2.24) is 6.15 Å². The molecule has 60 valence electrons. The van der Waals surface area contributed by atoms with Crippen LogP contribution in [0.1, 0.15) is 12.8 Å². The molecule has 3 N–H and O–H groups in total. The van der Waals surface area contributed by atoms with E-state index in [4.69, 9.17) is 4.43 Å². The van der Waals surface area contributed by atoms with Gasteiger partial charge in [0.15, 0.2) is 9.04 Å². The fourth-order valence-corrected chi connectivity index (χ4v) is 3.33. The van der Waals surface area contributed by atoms with Crippen LogP contribution in [0, 0.1) is 0 Å². The summed E-state index contributed by atoms with van der Waals surface area (Å²) in [6.45, 7) is 4.73. The second kappa shape index (κ2) is 5.65. The average Bonchev–Trinajstić information content (AvgIpc) is 1.91. The maximum atomic E-state index is 5.59. The first-order valence-corrected chi connectivity index (χ1v) is 5.76. The summed E-state index contributed by atoms with van der Waals surface area (Å²) in [6.07, 6.45) is 4.67. The molecule has 0 bridgehead atoms. The van der Waals surface area contributed by atoms with Crippen LogP contribution in [0.4, 0.5) is 0 Å². The molecule has 1 unspecified atom stereocenters. The molecule has 0 amide bonds. The van der Waals surface area contributed by atoms with Crippen LogP contribution in [0.5, 0.6) is 0 Å². The third-order valence-electron chi connectivity index (χ3n) is 1.70. The first-order valence-electron chi connectivity index (χ1n) is 3.66. The summed E-state index contributed by atoms with van der Waals surface area (Å²) < 4.78 is 5.59. The Labute approximate surface area is 64.6 Å². The molecule has 0 aliphatic carbocycles. The molecule has 3 heteroatoms. The molecule has 0 radical (unpaired) electrons. The van der Waals surface area contributed by atoms with Gasteiger partial charge in [0.2, 0.25) is 0 Å². The van der Waals surface area contributed by atoms with Crippen molar-refractivity contribution in [2.24, 2.45) is 0 Å². The van der Waals surface area contributed by atoms with Gasteiger partial charge in [0.25, 0.3) is 0 Å². The normalized spacial score (nSPS) is 25.0. The lowest BCUT2D eigenvalue weighted by atomic mass is 10.4. The largest absolute Gasteiger partial charge is 0.420 e. The van der Waals surface area contributed by atoms with E-state index in [9.17, 15) is 0 Å². The predicted octanol–water partition coefficient (Wildman–Crippen LogP) is 1.87. The Balaban J connectivity index is 0.000000810. The van der Waals surface area contributed by atoms with E-state index in [0.717, 1.165) is 6.61 Å². The zero-order chi connectivity index (χ0) is 6.53. The van der Waals surface area contributed by atoms with Crippen LogP contribution >= 0.6 is 0 Å². The number of hydrogen-bond acceptors (Lipinski definition) is 2. The zero-order valence-corrected chi connectivity index (χ0v) is 7.67. The minimum Gasteiger partial charge on any atom is -0.420 e. The van der Waals surface area contributed by atoms with Gasteiger partial charge in [-0.05, 0) is 18.5 Å². The van der Waals surface area contributed by atoms with Crippen molar-refractivity contribution in [3.8, 4) is 0 Å². The molecular weight excluding hydrogens is 142 g/mol. The Morgan fingerprint density at radius 2 is 2.30 bits per heavy atom. The second-order valence-electron chi connectivity index (χ2n) is 2.51. The second-order valence-corrected chi connectivity index (χ2v) is 5.14. The van der Waals surface area contributed by atoms with Crippen LogP contribution in [0.25, 0.3) is 0 Å². The molecule has 1 heterocycles. The smallest absolute Gasteiger partial charge is 0.180 e. The lowest BCUT2D eigenvalue weighted by Crippen LogP contribution is -2.21. The molecule has 0 aromatic heterocycles. The van der Waals surface area contributed by atoms with Crippen molar-refractivity contribution in [3.05, 3.63) is 12.7 Å². The van der Waals surface area contributed by atoms with Gasteiger partial charge < -0.3 is 10.6 Å². The summed E-state index contributed by atoms with van der Waals surface area (Å²) in [7, 11) is -0.744. The van der Waals surface area contributed by atoms with Crippen molar-refractivity contribution in [3.63, 3.8) is 0 Å². The van der Waals surface area contributed by atoms with Crippen LogP contribution in [0.2, 0.25) is 12.1 Å². The predicted molar refractivity (Wildman–Crippen MR) is 47.2 cm³/mol. The van der Waals surface area contributed by atoms with E-state index in [-0.39, 0.29) is 6.15 Å². The van der Waals surface area contributed by atoms with Crippen LogP contribution in [0.3, 0.4) is 0 Å². The van der Waals surface area contributed by atoms with Crippen LogP contribution < -0.4 is 6.15 Å². The van der Waals surface area contributed by atoms with E-state index >= 15 is 0 Å². The number of rotatable bonds is 2. The average molecular weight is 159 g/mol. The third-order valence-corrected chi connectivity index (χ3v) is 4.32. The summed E-state index contributed by atoms with van der Waals surface area (Å²) in [5.74, 6) is 0. The standard InChI is InChI=1S/C7H14OSi.H3N/c1-2-6-9-7-4-3-5-8-9;/h2,9H,1,3-7H2;1H3. The highest BCUT2D eigenvalue weighted by Gasteiger charge is 2.13. The minimum absolute atomic E-state index is 0. The monoisotopic (exact) mass is 159 g/mol. The lowest BCUT2D eigenvalue weighted by Gasteiger charge is -2.19. The molecule has 0 saturated carbocycles. The van der Waals surface area contributed by atoms with E-state index in [1.165, 1.54) is 24.9 Å². The minimum atomic E-state index is -0.744. The van der Waals surface area contributed by atoms with Gasteiger partial charge in [-0.2, -0.15) is 0 Å². The van der Waals surface area contributed by atoms with Gasteiger partial charge in [0, 0.05) is 6.61 Å². The summed E-state index contributed by atoms with van der Waals surface area (Å²) >= 11 is 0. The van der Waals surface area contributed by atoms with E-state index in [1.807, 2.05) is 6.08 Å². The molecule has 0 aromatic carbocycles. The van der Waals surface area contributed by atoms with Gasteiger partial charge in [-0.15, -0.1) is 6.58 Å². The van der Waals surface area contributed by atoms with Gasteiger partial charge >= 0.3 is 0 Å². The zero-order valence-electron chi connectivity index (χ0n) is 6.51. The van der Waals surface area contributed by atoms with Gasteiger partial charge in [0.1, 0.15) is 0 Å². The van der Waals surface area contributed by atoms with Gasteiger partial charge in [-0.3, -0.25) is 0 Å². The summed E-state index contributed by atoms with van der Waals surface area (Å²) in [6, 6.07) is 2.53. The summed E-state index contributed by atoms with van der Waals surface area (Å²) in [4.78, 5) is 0. The molecule has 1 fully saturated rings. The van der Waals surface area contributed by atoms with E-state index in [1.54, 1.807) is 0 Å². The van der Waals surface area contributed by atoms with Crippen molar-refractivity contribution in [1.29, 1.82) is 0 Å². The molecule has 1 aliphatic heterocycles. The third kappa shape index (κ3) is 3.15. The Bertz CT molecular complexity index is 91.6. The number of hydrogen-bond donors (Lipinski definition) is 1. The lowest BCUT2D eigenvalue weighted by molar-refractivity contribution is 0.288. The Morgan fingerprint density at radius 3 is 2.80 bits per heavy atom. The van der Waals surface area contributed by atoms with Gasteiger partial charge in [0.05, 0.1) is 0 Å². The van der Waals surface area contributed by atoms with Crippen molar-refractivity contribution in [2.75, 3.05) is 6.61 Å². The maximum Gasteiger partial charge on any atom is 0.180 e. The first kappa shape index (κ1) is 9.88. The topological polar surface area (TPSA) is 44.2 Å². The van der Waals surface area contributed by atoms with E-state index in [2.05, 4.69) is 6.58 Å².